The van der Waals surface area contributed by atoms with Crippen molar-refractivity contribution >= 4 is 15.8 Å². The van der Waals surface area contributed by atoms with Crippen molar-refractivity contribution in [3.05, 3.63) is 18.2 Å². The third kappa shape index (κ3) is 2.15. The smallest absolute Gasteiger partial charge is 0.298 e. The minimum absolute atomic E-state index is 0.0793. The number of methoxy groups -OCH3 is 1. The summed E-state index contributed by atoms with van der Waals surface area (Å²) in [6, 6.07) is 4.16. The molecule has 0 aromatic heterocycles. The van der Waals surface area contributed by atoms with Crippen LogP contribution in [0, 0.1) is 0 Å². The SMILES string of the molecule is C[N]c1ccc(S(=O)(=O)O)c(OC)c1. The first kappa shape index (κ1) is 10.8. The molecule has 14 heavy (non-hydrogen) atoms. The molecule has 0 saturated heterocycles. The van der Waals surface area contributed by atoms with Crippen LogP contribution in [0.3, 0.4) is 0 Å². The first-order chi connectivity index (χ1) is 6.49. The predicted molar refractivity (Wildman–Crippen MR) is 50.5 cm³/mol. The van der Waals surface area contributed by atoms with Gasteiger partial charge < -0.3 is 4.74 Å². The topological polar surface area (TPSA) is 77.7 Å². The lowest BCUT2D eigenvalue weighted by Gasteiger charge is -2.06. The number of hydrogen-bond acceptors (Lipinski definition) is 3. The molecule has 0 bridgehead atoms. The Balaban J connectivity index is 3.33. The fourth-order valence-corrected chi connectivity index (χ4v) is 1.64. The van der Waals surface area contributed by atoms with E-state index in [2.05, 4.69) is 5.32 Å². The maximum atomic E-state index is 10.9. The zero-order chi connectivity index (χ0) is 10.8. The van der Waals surface area contributed by atoms with Gasteiger partial charge in [0.2, 0.25) is 0 Å². The lowest BCUT2D eigenvalue weighted by atomic mass is 10.3. The molecule has 0 aliphatic heterocycles. The van der Waals surface area contributed by atoms with Crippen LogP contribution in [0.4, 0.5) is 5.69 Å². The van der Waals surface area contributed by atoms with E-state index in [0.717, 1.165) is 0 Å². The summed E-state index contributed by atoms with van der Waals surface area (Å²) in [6.45, 7) is 0. The largest absolute Gasteiger partial charge is 0.495 e. The molecular formula is C8H10NO4S. The average Bonchev–Trinajstić information content (AvgIpc) is 2.15. The van der Waals surface area contributed by atoms with E-state index in [9.17, 15) is 8.42 Å². The zero-order valence-corrected chi connectivity index (χ0v) is 8.58. The summed E-state index contributed by atoms with van der Waals surface area (Å²) in [4.78, 5) is -0.257. The van der Waals surface area contributed by atoms with Gasteiger partial charge in [0.25, 0.3) is 10.1 Å². The van der Waals surface area contributed by atoms with E-state index in [4.69, 9.17) is 9.29 Å². The lowest BCUT2D eigenvalue weighted by molar-refractivity contribution is 0.397. The highest BCUT2D eigenvalue weighted by Crippen LogP contribution is 2.26. The Hall–Kier alpha value is -1.27. The number of rotatable bonds is 3. The normalized spacial score (nSPS) is 11.1. The molecule has 77 valence electrons. The molecule has 5 nitrogen and oxygen atoms in total. The van der Waals surface area contributed by atoms with E-state index < -0.39 is 10.1 Å². The summed E-state index contributed by atoms with van der Waals surface area (Å²) >= 11 is 0. The summed E-state index contributed by atoms with van der Waals surface area (Å²) < 4.78 is 35.4. The van der Waals surface area contributed by atoms with Crippen molar-refractivity contribution in [2.75, 3.05) is 14.2 Å². The fourth-order valence-electron chi connectivity index (χ4n) is 1.01. The van der Waals surface area contributed by atoms with Crippen molar-refractivity contribution in [1.29, 1.82) is 0 Å². The first-order valence-corrected chi connectivity index (χ1v) is 5.18. The van der Waals surface area contributed by atoms with Gasteiger partial charge in [-0.3, -0.25) is 9.87 Å². The van der Waals surface area contributed by atoms with Crippen molar-refractivity contribution in [1.82, 2.24) is 5.32 Å². The molecular weight excluding hydrogens is 206 g/mol. The maximum absolute atomic E-state index is 10.9. The summed E-state index contributed by atoms with van der Waals surface area (Å²) in [5.74, 6) is 0.0793. The van der Waals surface area contributed by atoms with Gasteiger partial charge in [0.05, 0.1) is 12.8 Å². The monoisotopic (exact) mass is 216 g/mol. The molecule has 1 rings (SSSR count). The molecule has 0 atom stereocenters. The summed E-state index contributed by atoms with van der Waals surface area (Å²) in [7, 11) is -1.34. The van der Waals surface area contributed by atoms with Crippen LogP contribution < -0.4 is 10.1 Å². The predicted octanol–water partition coefficient (Wildman–Crippen LogP) is 0.808. The molecule has 0 heterocycles. The van der Waals surface area contributed by atoms with Gasteiger partial charge in [0.1, 0.15) is 10.6 Å². The van der Waals surface area contributed by atoms with Gasteiger partial charge in [-0.05, 0) is 12.1 Å². The molecule has 6 heteroatoms. The summed E-state index contributed by atoms with van der Waals surface area (Å²) in [5.41, 5.74) is 0.578. The van der Waals surface area contributed by atoms with Gasteiger partial charge in [0, 0.05) is 13.1 Å². The van der Waals surface area contributed by atoms with Crippen LogP contribution in [0.2, 0.25) is 0 Å². The molecule has 0 spiro atoms. The van der Waals surface area contributed by atoms with Gasteiger partial charge in [-0.25, -0.2) is 0 Å². The van der Waals surface area contributed by atoms with Crippen LogP contribution >= 0.6 is 0 Å². The third-order valence-corrected chi connectivity index (χ3v) is 2.58. The number of hydrogen-bond donors (Lipinski definition) is 1. The fraction of sp³-hybridized carbons (Fsp3) is 0.250. The first-order valence-electron chi connectivity index (χ1n) is 3.74. The summed E-state index contributed by atoms with van der Waals surface area (Å²) in [5, 5.41) is 3.85. The van der Waals surface area contributed by atoms with Crippen LogP contribution in [-0.4, -0.2) is 27.1 Å². The Kier molecular flexibility index (Phi) is 2.97. The van der Waals surface area contributed by atoms with Crippen LogP contribution in [0.1, 0.15) is 0 Å². The van der Waals surface area contributed by atoms with Gasteiger partial charge in [-0.1, -0.05) is 0 Å². The van der Waals surface area contributed by atoms with Gasteiger partial charge in [-0.15, -0.1) is 0 Å². The second kappa shape index (κ2) is 3.85. The average molecular weight is 216 g/mol. The highest BCUT2D eigenvalue weighted by molar-refractivity contribution is 7.86. The van der Waals surface area contributed by atoms with Gasteiger partial charge in [-0.2, -0.15) is 8.42 Å². The zero-order valence-electron chi connectivity index (χ0n) is 7.76. The van der Waals surface area contributed by atoms with Crippen LogP contribution in [-0.2, 0) is 10.1 Å². The van der Waals surface area contributed by atoms with E-state index in [1.54, 1.807) is 7.05 Å². The molecule has 0 saturated carbocycles. The minimum Gasteiger partial charge on any atom is -0.495 e. The lowest BCUT2D eigenvalue weighted by Crippen LogP contribution is -2.02. The Labute approximate surface area is 82.5 Å². The molecule has 0 fully saturated rings. The third-order valence-electron chi connectivity index (χ3n) is 1.68. The van der Waals surface area contributed by atoms with Crippen molar-refractivity contribution < 1.29 is 17.7 Å². The molecule has 0 aliphatic carbocycles. The maximum Gasteiger partial charge on any atom is 0.298 e. The van der Waals surface area contributed by atoms with Crippen molar-refractivity contribution in [2.24, 2.45) is 0 Å². The van der Waals surface area contributed by atoms with E-state index in [1.807, 2.05) is 0 Å². The van der Waals surface area contributed by atoms with Crippen LogP contribution in [0.5, 0.6) is 5.75 Å². The quantitative estimate of drug-likeness (QED) is 0.758. The molecule has 1 radical (unpaired) electrons. The second-order valence-corrected chi connectivity index (χ2v) is 3.92. The van der Waals surface area contributed by atoms with Crippen molar-refractivity contribution in [2.45, 2.75) is 4.90 Å². The Morgan fingerprint density at radius 1 is 1.43 bits per heavy atom. The molecule has 1 N–H and O–H groups in total. The van der Waals surface area contributed by atoms with E-state index >= 15 is 0 Å². The number of ether oxygens (including phenoxy) is 1. The Morgan fingerprint density at radius 2 is 2.07 bits per heavy atom. The van der Waals surface area contributed by atoms with E-state index in [-0.39, 0.29) is 10.6 Å². The highest BCUT2D eigenvalue weighted by Gasteiger charge is 2.16. The van der Waals surface area contributed by atoms with E-state index in [0.29, 0.717) is 5.69 Å². The Morgan fingerprint density at radius 3 is 2.50 bits per heavy atom. The molecule has 1 aromatic rings. The van der Waals surface area contributed by atoms with E-state index in [1.165, 1.54) is 25.3 Å². The van der Waals surface area contributed by atoms with Crippen LogP contribution in [0.25, 0.3) is 0 Å². The van der Waals surface area contributed by atoms with Crippen molar-refractivity contribution in [3.8, 4) is 5.75 Å². The second-order valence-electron chi connectivity index (χ2n) is 2.53. The number of benzene rings is 1. The minimum atomic E-state index is -4.24. The highest BCUT2D eigenvalue weighted by atomic mass is 32.2. The molecule has 0 amide bonds. The molecule has 0 aliphatic rings. The summed E-state index contributed by atoms with van der Waals surface area (Å²) in [6.07, 6.45) is 0. The number of nitrogens with zero attached hydrogens (tertiary/aromatic N) is 1. The standard InChI is InChI=1S/C8H10NO4S/c1-9-6-3-4-8(14(10,11)12)7(5-6)13-2/h3-5H,1-2H3,(H,10,11,12). The molecule has 0 unspecified atom stereocenters. The van der Waals surface area contributed by atoms with Crippen LogP contribution in [0.15, 0.2) is 23.1 Å². The molecule has 1 aromatic carbocycles. The van der Waals surface area contributed by atoms with Gasteiger partial charge in [0.15, 0.2) is 0 Å². The van der Waals surface area contributed by atoms with Crippen molar-refractivity contribution in [3.63, 3.8) is 0 Å². The Bertz CT molecular complexity index is 427. The van der Waals surface area contributed by atoms with Gasteiger partial charge >= 0.3 is 0 Å².